The number of hydrogen-bond acceptors (Lipinski definition) is 5. The van der Waals surface area contributed by atoms with Gasteiger partial charge in [-0.3, -0.25) is 4.79 Å². The number of amides is 1. The maximum Gasteiger partial charge on any atom is 0.416 e. The lowest BCUT2D eigenvalue weighted by molar-refractivity contribution is -0.137. The first kappa shape index (κ1) is 28.6. The van der Waals surface area contributed by atoms with Crippen molar-refractivity contribution in [1.82, 2.24) is 5.32 Å². The molecule has 1 aromatic heterocycles. The van der Waals surface area contributed by atoms with Crippen molar-refractivity contribution in [3.63, 3.8) is 0 Å². The number of carbonyl (C=O) groups excluding carboxylic acids is 1. The van der Waals surface area contributed by atoms with Crippen molar-refractivity contribution in [2.75, 3.05) is 6.54 Å². The molecule has 198 valence electrons. The van der Waals surface area contributed by atoms with Crippen LogP contribution in [0.3, 0.4) is 0 Å². The van der Waals surface area contributed by atoms with Crippen LogP contribution in [0.15, 0.2) is 58.5 Å². The molecule has 1 amide bonds. The van der Waals surface area contributed by atoms with Gasteiger partial charge in [0.05, 0.1) is 17.0 Å². The summed E-state index contributed by atoms with van der Waals surface area (Å²) in [6.07, 6.45) is -3.44. The van der Waals surface area contributed by atoms with Crippen molar-refractivity contribution < 1.29 is 18.0 Å². The number of alkyl halides is 3. The Balaban J connectivity index is 1.83. The molecular formula is C27H31F3N4OS2. The van der Waals surface area contributed by atoms with Gasteiger partial charge in [0.2, 0.25) is 0 Å². The Hall–Kier alpha value is -2.98. The van der Waals surface area contributed by atoms with E-state index < -0.39 is 11.7 Å². The van der Waals surface area contributed by atoms with E-state index in [9.17, 15) is 18.0 Å². The molecule has 0 saturated carbocycles. The fourth-order valence-corrected chi connectivity index (χ4v) is 6.74. The standard InChI is InChI=1S/C27H31F3N4OS2/c1-15(2)11-23(21-9-10-22(37-21)26(35)33-14-24(31)34-32)36-20-12-16(3)25(17(4)13-20)18-5-7-19(8-6-18)27(28,29)30/h5-10,12-13,15,23H,11,14,32H2,1-4H3,(H2,31,34)(H,33,35). The molecule has 0 saturated heterocycles. The largest absolute Gasteiger partial charge is 0.416 e. The van der Waals surface area contributed by atoms with E-state index in [-0.39, 0.29) is 23.5 Å². The Labute approximate surface area is 223 Å². The summed E-state index contributed by atoms with van der Waals surface area (Å²) < 4.78 is 38.9. The number of aryl methyl sites for hydroxylation is 2. The first-order valence-corrected chi connectivity index (χ1v) is 13.4. The van der Waals surface area contributed by atoms with Crippen molar-refractivity contribution in [3.05, 3.63) is 75.0 Å². The second-order valence-corrected chi connectivity index (χ2v) is 11.6. The van der Waals surface area contributed by atoms with Crippen molar-refractivity contribution in [3.8, 4) is 11.1 Å². The molecule has 0 aliphatic carbocycles. The number of hydrazone groups is 1. The lowest BCUT2D eigenvalue weighted by Crippen LogP contribution is -2.33. The number of nitrogens with zero attached hydrogens (tertiary/aromatic N) is 1. The molecule has 10 heteroatoms. The number of nitrogens with one attached hydrogen (secondary N) is 1. The van der Waals surface area contributed by atoms with E-state index >= 15 is 0 Å². The lowest BCUT2D eigenvalue weighted by Gasteiger charge is -2.19. The van der Waals surface area contributed by atoms with E-state index in [1.165, 1.54) is 23.5 Å². The molecule has 1 unspecified atom stereocenters. The third-order valence-electron chi connectivity index (χ3n) is 5.73. The highest BCUT2D eigenvalue weighted by atomic mass is 32.2. The van der Waals surface area contributed by atoms with Crippen molar-refractivity contribution in [1.29, 1.82) is 0 Å². The van der Waals surface area contributed by atoms with E-state index in [0.717, 1.165) is 50.6 Å². The van der Waals surface area contributed by atoms with Gasteiger partial charge in [-0.2, -0.15) is 18.3 Å². The number of thioether (sulfide) groups is 1. The van der Waals surface area contributed by atoms with Gasteiger partial charge in [0.25, 0.3) is 5.91 Å². The van der Waals surface area contributed by atoms with Crippen molar-refractivity contribution >= 4 is 34.8 Å². The highest BCUT2D eigenvalue weighted by molar-refractivity contribution is 7.99. The Morgan fingerprint density at radius 1 is 1.08 bits per heavy atom. The second-order valence-electron chi connectivity index (χ2n) is 9.25. The van der Waals surface area contributed by atoms with Crippen molar-refractivity contribution in [2.45, 2.75) is 50.4 Å². The number of hydrogen-bond donors (Lipinski definition) is 3. The van der Waals surface area contributed by atoms with E-state index in [1.807, 2.05) is 26.0 Å². The quantitative estimate of drug-likeness (QED) is 0.0892. The number of carbonyl (C=O) groups is 1. The number of benzene rings is 2. The van der Waals surface area contributed by atoms with Gasteiger partial charge in [-0.05, 0) is 84.8 Å². The van der Waals surface area contributed by atoms with Crippen LogP contribution >= 0.6 is 23.1 Å². The Kier molecular flexibility index (Phi) is 9.31. The first-order chi connectivity index (χ1) is 17.4. The van der Waals surface area contributed by atoms with Crippen LogP contribution in [0.5, 0.6) is 0 Å². The minimum atomic E-state index is -4.36. The second kappa shape index (κ2) is 12.0. The average molecular weight is 549 g/mol. The SMILES string of the molecule is Cc1cc(SC(CC(C)C)c2ccc(C(=O)NC/C(N)=N/N)s2)cc(C)c1-c1ccc(C(F)(F)F)cc1. The molecule has 1 atom stereocenters. The molecule has 0 aliphatic rings. The molecule has 3 aromatic rings. The summed E-state index contributed by atoms with van der Waals surface area (Å²) in [5, 5.41) is 6.20. The van der Waals surface area contributed by atoms with Crippen LogP contribution in [0.4, 0.5) is 13.2 Å². The third-order valence-corrected chi connectivity index (χ3v) is 8.32. The summed E-state index contributed by atoms with van der Waals surface area (Å²) >= 11 is 3.17. The zero-order valence-electron chi connectivity index (χ0n) is 21.1. The van der Waals surface area contributed by atoms with Crippen LogP contribution in [0.2, 0.25) is 0 Å². The Morgan fingerprint density at radius 2 is 1.70 bits per heavy atom. The average Bonchev–Trinajstić information content (AvgIpc) is 3.31. The molecule has 0 radical (unpaired) electrons. The topological polar surface area (TPSA) is 93.5 Å². The molecule has 2 aromatic carbocycles. The summed E-state index contributed by atoms with van der Waals surface area (Å²) in [6, 6.07) is 13.2. The predicted octanol–water partition coefficient (Wildman–Crippen LogP) is 6.89. The van der Waals surface area contributed by atoms with E-state index in [1.54, 1.807) is 11.8 Å². The molecule has 5 nitrogen and oxygen atoms in total. The van der Waals surface area contributed by atoms with Crippen LogP contribution in [0.25, 0.3) is 11.1 Å². The molecule has 0 bridgehead atoms. The van der Waals surface area contributed by atoms with Gasteiger partial charge >= 0.3 is 6.18 Å². The predicted molar refractivity (Wildman–Crippen MR) is 147 cm³/mol. The van der Waals surface area contributed by atoms with E-state index in [0.29, 0.717) is 10.8 Å². The molecule has 0 aliphatic heterocycles. The summed E-state index contributed by atoms with van der Waals surface area (Å²) in [5.74, 6) is 5.46. The molecule has 0 spiro atoms. The fourth-order valence-electron chi connectivity index (χ4n) is 4.04. The van der Waals surface area contributed by atoms with Crippen LogP contribution in [0, 0.1) is 19.8 Å². The van der Waals surface area contributed by atoms with Crippen LogP contribution in [-0.2, 0) is 6.18 Å². The van der Waals surface area contributed by atoms with Crippen LogP contribution < -0.4 is 16.9 Å². The Morgan fingerprint density at radius 3 is 2.24 bits per heavy atom. The van der Waals surface area contributed by atoms with E-state index in [4.69, 9.17) is 11.6 Å². The molecule has 37 heavy (non-hydrogen) atoms. The van der Waals surface area contributed by atoms with Gasteiger partial charge in [-0.25, -0.2) is 0 Å². The fraction of sp³-hybridized carbons (Fsp3) is 0.333. The minimum Gasteiger partial charge on any atom is -0.384 e. The van der Waals surface area contributed by atoms with Crippen LogP contribution in [-0.4, -0.2) is 18.3 Å². The molecular weight excluding hydrogens is 517 g/mol. The van der Waals surface area contributed by atoms with Crippen molar-refractivity contribution in [2.24, 2.45) is 22.6 Å². The van der Waals surface area contributed by atoms with Crippen LogP contribution in [0.1, 0.15) is 56.8 Å². The maximum absolute atomic E-state index is 13.0. The molecule has 0 fully saturated rings. The molecule has 3 rings (SSSR count). The van der Waals surface area contributed by atoms with Gasteiger partial charge in [0, 0.05) is 15.0 Å². The van der Waals surface area contributed by atoms with Gasteiger partial charge < -0.3 is 16.9 Å². The monoisotopic (exact) mass is 548 g/mol. The third kappa shape index (κ3) is 7.52. The smallest absolute Gasteiger partial charge is 0.384 e. The van der Waals surface area contributed by atoms with Gasteiger partial charge in [0.1, 0.15) is 5.84 Å². The first-order valence-electron chi connectivity index (χ1n) is 11.7. The Bertz CT molecular complexity index is 1240. The molecule has 5 N–H and O–H groups in total. The number of thiophene rings is 1. The number of rotatable bonds is 9. The summed E-state index contributed by atoms with van der Waals surface area (Å²) in [4.78, 5) is 15.2. The molecule has 1 heterocycles. The number of nitrogens with two attached hydrogens (primary N) is 2. The summed E-state index contributed by atoms with van der Waals surface area (Å²) in [7, 11) is 0. The minimum absolute atomic E-state index is 0.0799. The highest BCUT2D eigenvalue weighted by Gasteiger charge is 2.30. The van der Waals surface area contributed by atoms with E-state index in [2.05, 4.69) is 36.4 Å². The van der Waals surface area contributed by atoms with Gasteiger partial charge in [-0.1, -0.05) is 26.0 Å². The highest BCUT2D eigenvalue weighted by Crippen LogP contribution is 2.44. The summed E-state index contributed by atoms with van der Waals surface area (Å²) in [6.45, 7) is 8.36. The number of halogens is 3. The van der Waals surface area contributed by atoms with Gasteiger partial charge in [-0.15, -0.1) is 23.1 Å². The normalized spacial score (nSPS) is 13.1. The number of amidine groups is 1. The lowest BCUT2D eigenvalue weighted by atomic mass is 9.95. The summed E-state index contributed by atoms with van der Waals surface area (Å²) in [5.41, 5.74) is 8.59. The zero-order chi connectivity index (χ0) is 27.3. The zero-order valence-corrected chi connectivity index (χ0v) is 22.8. The van der Waals surface area contributed by atoms with Gasteiger partial charge in [0.15, 0.2) is 0 Å². The maximum atomic E-state index is 13.0.